The molecule has 158 valence electrons. The van der Waals surface area contributed by atoms with Crippen molar-refractivity contribution in [2.75, 3.05) is 5.32 Å². The number of anilines is 1. The molecule has 0 aliphatic heterocycles. The number of Topliss-reactive ketones (excluding diaryl/α,β-unsaturated/α-hetero) is 1. The van der Waals surface area contributed by atoms with Crippen molar-refractivity contribution in [1.82, 2.24) is 9.97 Å². The van der Waals surface area contributed by atoms with Gasteiger partial charge in [-0.15, -0.1) is 0 Å². The number of H-pyrrole nitrogens is 1. The first kappa shape index (κ1) is 20.6. The first-order chi connectivity index (χ1) is 14.3. The maximum absolute atomic E-state index is 12.7. The Morgan fingerprint density at radius 3 is 2.60 bits per heavy atom. The number of benzene rings is 1. The Kier molecular flexibility index (Phi) is 5.63. The van der Waals surface area contributed by atoms with E-state index in [0.29, 0.717) is 35.8 Å². The first-order valence-corrected chi connectivity index (χ1v) is 11.0. The molecule has 1 aromatic carbocycles. The van der Waals surface area contributed by atoms with Crippen molar-refractivity contribution in [2.45, 2.75) is 71.6 Å². The number of aromatic nitrogens is 2. The highest BCUT2D eigenvalue weighted by molar-refractivity contribution is 6.03. The molecule has 0 radical (unpaired) electrons. The molecule has 4 rings (SSSR count). The largest absolute Gasteiger partial charge is 0.338 e. The Balaban J connectivity index is 1.65. The van der Waals surface area contributed by atoms with E-state index in [1.165, 1.54) is 11.1 Å². The monoisotopic (exact) mass is 405 g/mol. The molecule has 0 bridgehead atoms. The minimum atomic E-state index is -0.225. The summed E-state index contributed by atoms with van der Waals surface area (Å²) in [6, 6.07) is 6.38. The number of imidazole rings is 1. The Labute approximate surface area is 178 Å². The zero-order valence-corrected chi connectivity index (χ0v) is 18.2. The number of carbonyl (C=O) groups excluding carboxylic acids is 2. The highest BCUT2D eigenvalue weighted by Gasteiger charge is 2.25. The van der Waals surface area contributed by atoms with Gasteiger partial charge >= 0.3 is 0 Å². The summed E-state index contributed by atoms with van der Waals surface area (Å²) in [6.07, 6.45) is 10.3. The standard InChI is InChI=1S/C25H31N3O2/c1-16-15-26-23(27-16)24(30)28-22-9-6-19(17-4-7-20(29)8-5-17)14-21(22)18-10-12-25(2,3)13-11-18/h6,9-10,14-15,17H,4-5,7-8,11-13H2,1-3H3,(H,26,27)(H,28,30). The molecule has 0 saturated heterocycles. The molecule has 2 aliphatic carbocycles. The third-order valence-electron chi connectivity index (χ3n) is 6.54. The number of aromatic amines is 1. The van der Waals surface area contributed by atoms with Crippen LogP contribution in [0.15, 0.2) is 30.5 Å². The van der Waals surface area contributed by atoms with Crippen LogP contribution in [0.3, 0.4) is 0 Å². The average Bonchev–Trinajstić information content (AvgIpc) is 3.16. The molecule has 1 aromatic heterocycles. The van der Waals surface area contributed by atoms with Crippen molar-refractivity contribution in [3.63, 3.8) is 0 Å². The van der Waals surface area contributed by atoms with Crippen molar-refractivity contribution >= 4 is 23.0 Å². The van der Waals surface area contributed by atoms with Crippen LogP contribution in [0.2, 0.25) is 0 Å². The summed E-state index contributed by atoms with van der Waals surface area (Å²) >= 11 is 0. The summed E-state index contributed by atoms with van der Waals surface area (Å²) in [5.74, 6) is 0.894. The van der Waals surface area contributed by atoms with E-state index in [9.17, 15) is 9.59 Å². The summed E-state index contributed by atoms with van der Waals surface area (Å²) in [5.41, 5.74) is 5.69. The number of hydrogen-bond donors (Lipinski definition) is 2. The van der Waals surface area contributed by atoms with Gasteiger partial charge in [0, 0.05) is 36.0 Å². The lowest BCUT2D eigenvalue weighted by molar-refractivity contribution is -0.120. The zero-order valence-electron chi connectivity index (χ0n) is 18.2. The van der Waals surface area contributed by atoms with Gasteiger partial charge in [0.05, 0.1) is 0 Å². The summed E-state index contributed by atoms with van der Waals surface area (Å²) in [7, 11) is 0. The molecule has 30 heavy (non-hydrogen) atoms. The van der Waals surface area contributed by atoms with Gasteiger partial charge < -0.3 is 10.3 Å². The van der Waals surface area contributed by atoms with E-state index in [-0.39, 0.29) is 5.91 Å². The summed E-state index contributed by atoms with van der Waals surface area (Å²) in [4.78, 5) is 31.5. The van der Waals surface area contributed by atoms with E-state index in [4.69, 9.17) is 0 Å². The van der Waals surface area contributed by atoms with E-state index >= 15 is 0 Å². The fourth-order valence-electron chi connectivity index (χ4n) is 4.49. The summed E-state index contributed by atoms with van der Waals surface area (Å²) in [5, 5.41) is 3.07. The summed E-state index contributed by atoms with van der Waals surface area (Å²) < 4.78 is 0. The molecular weight excluding hydrogens is 374 g/mol. The SMILES string of the molecule is Cc1cnc(C(=O)Nc2ccc(C3CCC(=O)CC3)cc2C2=CCC(C)(C)CC2)[nH]1. The maximum Gasteiger partial charge on any atom is 0.291 e. The third kappa shape index (κ3) is 4.55. The Hall–Kier alpha value is -2.69. The number of rotatable bonds is 4. The van der Waals surface area contributed by atoms with Gasteiger partial charge in [-0.25, -0.2) is 4.98 Å². The number of amides is 1. The van der Waals surface area contributed by atoms with Crippen LogP contribution in [-0.2, 0) is 4.79 Å². The van der Waals surface area contributed by atoms with Crippen LogP contribution < -0.4 is 5.32 Å². The predicted molar refractivity (Wildman–Crippen MR) is 120 cm³/mol. The summed E-state index contributed by atoms with van der Waals surface area (Å²) in [6.45, 7) is 6.49. The van der Waals surface area contributed by atoms with E-state index in [1.807, 2.05) is 13.0 Å². The quantitative estimate of drug-likeness (QED) is 0.676. The number of carbonyl (C=O) groups is 2. The molecule has 5 nitrogen and oxygen atoms in total. The van der Waals surface area contributed by atoms with Crippen molar-refractivity contribution < 1.29 is 9.59 Å². The van der Waals surface area contributed by atoms with E-state index in [0.717, 1.165) is 49.0 Å². The highest BCUT2D eigenvalue weighted by Crippen LogP contribution is 2.41. The van der Waals surface area contributed by atoms with Crippen LogP contribution >= 0.6 is 0 Å². The second kappa shape index (κ2) is 8.21. The second-order valence-corrected chi connectivity index (χ2v) is 9.58. The normalized spacial score (nSPS) is 19.4. The molecule has 2 aromatic rings. The fraction of sp³-hybridized carbons (Fsp3) is 0.480. The Bertz CT molecular complexity index is 990. The van der Waals surface area contributed by atoms with Gasteiger partial charge in [0.25, 0.3) is 5.91 Å². The van der Waals surface area contributed by atoms with Gasteiger partial charge in [0.2, 0.25) is 0 Å². The third-order valence-corrected chi connectivity index (χ3v) is 6.54. The van der Waals surface area contributed by atoms with Gasteiger partial charge in [0.15, 0.2) is 5.82 Å². The number of aryl methyl sites for hydroxylation is 1. The highest BCUT2D eigenvalue weighted by atomic mass is 16.2. The lowest BCUT2D eigenvalue weighted by Crippen LogP contribution is -2.18. The van der Waals surface area contributed by atoms with Crippen LogP contribution in [0.25, 0.3) is 5.57 Å². The van der Waals surface area contributed by atoms with Crippen LogP contribution in [0.5, 0.6) is 0 Å². The molecule has 1 saturated carbocycles. The maximum atomic E-state index is 12.7. The number of hydrogen-bond acceptors (Lipinski definition) is 3. The van der Waals surface area contributed by atoms with Crippen molar-refractivity contribution in [2.24, 2.45) is 5.41 Å². The molecular formula is C25H31N3O2. The first-order valence-electron chi connectivity index (χ1n) is 11.0. The van der Waals surface area contributed by atoms with Crippen LogP contribution in [0, 0.1) is 12.3 Å². The Morgan fingerprint density at radius 1 is 1.20 bits per heavy atom. The number of ketones is 1. The fourth-order valence-corrected chi connectivity index (χ4v) is 4.49. The number of nitrogens with zero attached hydrogens (tertiary/aromatic N) is 1. The topological polar surface area (TPSA) is 74.8 Å². The van der Waals surface area contributed by atoms with Crippen molar-refractivity contribution in [3.05, 3.63) is 53.1 Å². The van der Waals surface area contributed by atoms with Crippen molar-refractivity contribution in [1.29, 1.82) is 0 Å². The molecule has 2 N–H and O–H groups in total. The van der Waals surface area contributed by atoms with Crippen LogP contribution in [-0.4, -0.2) is 21.7 Å². The molecule has 0 atom stereocenters. The Morgan fingerprint density at radius 2 is 1.97 bits per heavy atom. The minimum absolute atomic E-state index is 0.225. The minimum Gasteiger partial charge on any atom is -0.338 e. The average molecular weight is 406 g/mol. The lowest BCUT2D eigenvalue weighted by Gasteiger charge is -2.30. The van der Waals surface area contributed by atoms with E-state index in [1.54, 1.807) is 6.20 Å². The molecule has 1 fully saturated rings. The second-order valence-electron chi connectivity index (χ2n) is 9.58. The lowest BCUT2D eigenvalue weighted by atomic mass is 9.76. The smallest absolute Gasteiger partial charge is 0.291 e. The molecule has 0 unspecified atom stereocenters. The molecule has 0 spiro atoms. The zero-order chi connectivity index (χ0) is 21.3. The predicted octanol–water partition coefficient (Wildman–Crippen LogP) is 5.79. The van der Waals surface area contributed by atoms with Gasteiger partial charge in [0.1, 0.15) is 5.78 Å². The molecule has 2 aliphatic rings. The molecule has 5 heteroatoms. The van der Waals surface area contributed by atoms with Gasteiger partial charge in [-0.1, -0.05) is 26.0 Å². The number of allylic oxidation sites excluding steroid dienone is 2. The van der Waals surface area contributed by atoms with Gasteiger partial charge in [-0.2, -0.15) is 0 Å². The van der Waals surface area contributed by atoms with Crippen molar-refractivity contribution in [3.8, 4) is 0 Å². The van der Waals surface area contributed by atoms with Gasteiger partial charge in [-0.3, -0.25) is 9.59 Å². The number of nitrogens with one attached hydrogen (secondary N) is 2. The van der Waals surface area contributed by atoms with Gasteiger partial charge in [-0.05, 0) is 73.6 Å². The molecule has 1 heterocycles. The van der Waals surface area contributed by atoms with E-state index < -0.39 is 0 Å². The molecule has 1 amide bonds. The van der Waals surface area contributed by atoms with Crippen LogP contribution in [0.4, 0.5) is 5.69 Å². The van der Waals surface area contributed by atoms with Crippen LogP contribution in [0.1, 0.15) is 92.2 Å². The van der Waals surface area contributed by atoms with E-state index in [2.05, 4.69) is 47.3 Å².